The first-order valence-corrected chi connectivity index (χ1v) is 12.5. The third-order valence-electron chi connectivity index (χ3n) is 6.55. The Bertz CT molecular complexity index is 1220. The second-order valence-electron chi connectivity index (χ2n) is 9.10. The lowest BCUT2D eigenvalue weighted by Gasteiger charge is -2.27. The molecule has 0 bridgehead atoms. The van der Waals surface area contributed by atoms with Crippen LogP contribution in [0.25, 0.3) is 0 Å². The zero-order valence-corrected chi connectivity index (χ0v) is 22.3. The average Bonchev–Trinajstić information content (AvgIpc) is 3.67. The number of hydrogen-bond donors (Lipinski definition) is 0. The molecule has 1 aliphatic rings. The molecule has 38 heavy (non-hydrogen) atoms. The van der Waals surface area contributed by atoms with Crippen LogP contribution in [-0.2, 0) is 17.8 Å². The van der Waals surface area contributed by atoms with Crippen molar-refractivity contribution in [2.24, 2.45) is 0 Å². The zero-order valence-electron chi connectivity index (χ0n) is 22.3. The molecule has 1 aliphatic carbocycles. The number of hydrogen-bond acceptors (Lipinski definition) is 7. The van der Waals surface area contributed by atoms with Crippen LogP contribution in [0.3, 0.4) is 0 Å². The van der Waals surface area contributed by atoms with E-state index in [0.29, 0.717) is 53.8 Å². The second kappa shape index (κ2) is 12.4. The standard InChI is InChI=1S/C29H34N2O7/c1-34-24-15-21(16-25(17-24)35-2)29(33)31(22-8-9-22)19-28(32)30(18-23-6-5-13-38-23)12-11-20-7-10-26(36-3)27(14-20)37-4/h5-7,10,13-17,22H,8-9,11-12,18-19H2,1-4H3. The first-order chi connectivity index (χ1) is 18.4. The van der Waals surface area contributed by atoms with Crippen molar-refractivity contribution in [2.75, 3.05) is 41.5 Å². The van der Waals surface area contributed by atoms with Crippen molar-refractivity contribution < 1.29 is 33.0 Å². The van der Waals surface area contributed by atoms with Crippen molar-refractivity contribution in [3.05, 3.63) is 71.7 Å². The summed E-state index contributed by atoms with van der Waals surface area (Å²) in [5.74, 6) is 2.61. The molecule has 0 radical (unpaired) electrons. The maximum atomic E-state index is 13.6. The molecule has 9 heteroatoms. The van der Waals surface area contributed by atoms with E-state index in [1.807, 2.05) is 24.3 Å². The van der Waals surface area contributed by atoms with Crippen LogP contribution in [0.5, 0.6) is 23.0 Å². The van der Waals surface area contributed by atoms with E-state index in [4.69, 9.17) is 23.4 Å². The molecule has 1 aromatic heterocycles. The highest BCUT2D eigenvalue weighted by atomic mass is 16.5. The Morgan fingerprint density at radius 1 is 0.895 bits per heavy atom. The summed E-state index contributed by atoms with van der Waals surface area (Å²) in [6.45, 7) is 0.711. The highest BCUT2D eigenvalue weighted by molar-refractivity contribution is 5.97. The Labute approximate surface area is 222 Å². The number of carbonyl (C=O) groups is 2. The molecule has 0 aliphatic heterocycles. The predicted molar refractivity (Wildman–Crippen MR) is 141 cm³/mol. The number of rotatable bonds is 13. The van der Waals surface area contributed by atoms with Crippen LogP contribution in [0.15, 0.2) is 59.2 Å². The smallest absolute Gasteiger partial charge is 0.254 e. The molecule has 0 unspecified atom stereocenters. The summed E-state index contributed by atoms with van der Waals surface area (Å²) < 4.78 is 26.9. The van der Waals surface area contributed by atoms with Crippen molar-refractivity contribution in [2.45, 2.75) is 31.8 Å². The summed E-state index contributed by atoms with van der Waals surface area (Å²) in [5.41, 5.74) is 1.42. The van der Waals surface area contributed by atoms with Gasteiger partial charge in [0.25, 0.3) is 5.91 Å². The number of amides is 2. The summed E-state index contributed by atoms with van der Waals surface area (Å²) >= 11 is 0. The summed E-state index contributed by atoms with van der Waals surface area (Å²) in [7, 11) is 6.26. The van der Waals surface area contributed by atoms with E-state index < -0.39 is 0 Å². The number of nitrogens with zero attached hydrogens (tertiary/aromatic N) is 2. The van der Waals surface area contributed by atoms with Crippen LogP contribution >= 0.6 is 0 Å². The molecule has 0 atom stereocenters. The van der Waals surface area contributed by atoms with E-state index >= 15 is 0 Å². The molecule has 0 N–H and O–H groups in total. The molecule has 1 fully saturated rings. The van der Waals surface area contributed by atoms with E-state index in [1.54, 1.807) is 54.5 Å². The van der Waals surface area contributed by atoms with Gasteiger partial charge >= 0.3 is 0 Å². The largest absolute Gasteiger partial charge is 0.497 e. The van der Waals surface area contributed by atoms with Crippen LogP contribution in [0.1, 0.15) is 34.5 Å². The molecule has 3 aromatic rings. The van der Waals surface area contributed by atoms with E-state index in [1.165, 1.54) is 14.2 Å². The van der Waals surface area contributed by atoms with Gasteiger partial charge in [0.2, 0.25) is 5.91 Å². The number of benzene rings is 2. The van der Waals surface area contributed by atoms with E-state index in [0.717, 1.165) is 18.4 Å². The van der Waals surface area contributed by atoms with Crippen molar-refractivity contribution in [3.8, 4) is 23.0 Å². The SMILES string of the molecule is COc1cc(OC)cc(C(=O)N(CC(=O)N(CCc2ccc(OC)c(OC)c2)Cc2ccco2)C2CC2)c1. The topological polar surface area (TPSA) is 90.7 Å². The quantitative estimate of drug-likeness (QED) is 0.332. The van der Waals surface area contributed by atoms with Crippen molar-refractivity contribution in [3.63, 3.8) is 0 Å². The predicted octanol–water partition coefficient (Wildman–Crippen LogP) is 4.19. The molecular weight excluding hydrogens is 488 g/mol. The number of methoxy groups -OCH3 is 4. The lowest BCUT2D eigenvalue weighted by molar-refractivity contribution is -0.132. The molecule has 0 saturated heterocycles. The number of furan rings is 1. The van der Waals surface area contributed by atoms with Gasteiger partial charge in [-0.3, -0.25) is 9.59 Å². The molecule has 2 amide bonds. The van der Waals surface area contributed by atoms with Crippen molar-refractivity contribution >= 4 is 11.8 Å². The molecule has 1 saturated carbocycles. The van der Waals surface area contributed by atoms with Gasteiger partial charge in [0.05, 0.1) is 41.2 Å². The summed E-state index contributed by atoms with van der Waals surface area (Å²) in [5, 5.41) is 0. The molecule has 0 spiro atoms. The van der Waals surface area contributed by atoms with Gasteiger partial charge in [0, 0.05) is 24.2 Å². The minimum atomic E-state index is -0.226. The molecule has 2 aromatic carbocycles. The van der Waals surface area contributed by atoms with Crippen LogP contribution in [0, 0.1) is 0 Å². The van der Waals surface area contributed by atoms with Crippen LogP contribution in [-0.4, -0.2) is 69.2 Å². The minimum absolute atomic E-state index is 0.0277. The Morgan fingerprint density at radius 2 is 1.61 bits per heavy atom. The van der Waals surface area contributed by atoms with Gasteiger partial charge in [-0.2, -0.15) is 0 Å². The monoisotopic (exact) mass is 522 g/mol. The van der Waals surface area contributed by atoms with Crippen molar-refractivity contribution in [1.29, 1.82) is 0 Å². The highest BCUT2D eigenvalue weighted by Gasteiger charge is 2.35. The number of ether oxygens (including phenoxy) is 4. The summed E-state index contributed by atoms with van der Waals surface area (Å²) in [4.78, 5) is 30.6. The number of carbonyl (C=O) groups excluding carboxylic acids is 2. The maximum absolute atomic E-state index is 13.6. The fourth-order valence-electron chi connectivity index (χ4n) is 4.28. The molecule has 9 nitrogen and oxygen atoms in total. The fraction of sp³-hybridized carbons (Fsp3) is 0.379. The van der Waals surface area contributed by atoms with Gasteiger partial charge < -0.3 is 33.2 Å². The Kier molecular flexibility index (Phi) is 8.78. The normalized spacial score (nSPS) is 12.5. The van der Waals surface area contributed by atoms with Gasteiger partial charge in [0.1, 0.15) is 23.8 Å². The maximum Gasteiger partial charge on any atom is 0.254 e. The van der Waals surface area contributed by atoms with Gasteiger partial charge in [0.15, 0.2) is 11.5 Å². The minimum Gasteiger partial charge on any atom is -0.497 e. The summed E-state index contributed by atoms with van der Waals surface area (Å²) in [6, 6.07) is 14.4. The van der Waals surface area contributed by atoms with Crippen LogP contribution in [0.2, 0.25) is 0 Å². The lowest BCUT2D eigenvalue weighted by Crippen LogP contribution is -2.44. The Morgan fingerprint density at radius 3 is 2.18 bits per heavy atom. The van der Waals surface area contributed by atoms with Crippen molar-refractivity contribution in [1.82, 2.24) is 9.80 Å². The fourth-order valence-corrected chi connectivity index (χ4v) is 4.28. The van der Waals surface area contributed by atoms with Crippen LogP contribution < -0.4 is 18.9 Å². The Hall–Kier alpha value is -4.14. The van der Waals surface area contributed by atoms with E-state index in [-0.39, 0.29) is 24.4 Å². The molecule has 202 valence electrons. The zero-order chi connectivity index (χ0) is 27.1. The van der Waals surface area contributed by atoms with E-state index in [2.05, 4.69) is 0 Å². The first-order valence-electron chi connectivity index (χ1n) is 12.5. The lowest BCUT2D eigenvalue weighted by atomic mass is 10.1. The third kappa shape index (κ3) is 6.59. The third-order valence-corrected chi connectivity index (χ3v) is 6.55. The molecule has 4 rings (SSSR count). The molecular formula is C29H34N2O7. The van der Waals surface area contributed by atoms with Gasteiger partial charge in [-0.05, 0) is 61.2 Å². The van der Waals surface area contributed by atoms with Gasteiger partial charge in [-0.15, -0.1) is 0 Å². The van der Waals surface area contributed by atoms with Crippen LogP contribution in [0.4, 0.5) is 0 Å². The Balaban J connectivity index is 1.52. The second-order valence-corrected chi connectivity index (χ2v) is 9.10. The average molecular weight is 523 g/mol. The van der Waals surface area contributed by atoms with Gasteiger partial charge in [-0.25, -0.2) is 0 Å². The highest BCUT2D eigenvalue weighted by Crippen LogP contribution is 2.31. The summed E-state index contributed by atoms with van der Waals surface area (Å²) in [6.07, 6.45) is 3.91. The van der Waals surface area contributed by atoms with E-state index in [9.17, 15) is 9.59 Å². The molecule has 1 heterocycles. The first kappa shape index (κ1) is 26.9. The van der Waals surface area contributed by atoms with Gasteiger partial charge in [-0.1, -0.05) is 6.07 Å².